The summed E-state index contributed by atoms with van der Waals surface area (Å²) in [7, 11) is -4.20. The molecule has 1 aliphatic heterocycles. The van der Waals surface area contributed by atoms with Gasteiger partial charge < -0.3 is 20.4 Å². The van der Waals surface area contributed by atoms with E-state index in [-0.39, 0.29) is 37.7 Å². The van der Waals surface area contributed by atoms with Crippen molar-refractivity contribution in [2.24, 2.45) is 0 Å². The van der Waals surface area contributed by atoms with E-state index in [0.29, 0.717) is 0 Å². The number of aliphatic hydroxyl groups is 4. The van der Waals surface area contributed by atoms with Gasteiger partial charge in [-0.1, -0.05) is 0 Å². The van der Waals surface area contributed by atoms with Crippen molar-refractivity contribution in [3.05, 3.63) is 0 Å². The van der Waals surface area contributed by atoms with Gasteiger partial charge in [0.1, 0.15) is 11.7 Å². The Morgan fingerprint density at radius 3 is 1.55 bits per heavy atom. The molecule has 0 amide bonds. The molecule has 4 N–H and O–H groups in total. The van der Waals surface area contributed by atoms with E-state index in [2.05, 4.69) is 0 Å². The summed E-state index contributed by atoms with van der Waals surface area (Å²) in [5.41, 5.74) is 0. The van der Waals surface area contributed by atoms with E-state index >= 15 is 0 Å². The van der Waals surface area contributed by atoms with Gasteiger partial charge in [-0.2, -0.15) is 15.8 Å². The average molecular weight is 344 g/mol. The van der Waals surface area contributed by atoms with E-state index in [1.807, 2.05) is 18.2 Å². The topological polar surface area (TPSA) is 152 Å². The lowest BCUT2D eigenvalue weighted by Gasteiger charge is -2.46. The summed E-state index contributed by atoms with van der Waals surface area (Å²) in [6.45, 7) is 0. The zero-order valence-electron chi connectivity index (χ0n) is 12.1. The first kappa shape index (κ1) is 19.2. The van der Waals surface area contributed by atoms with Gasteiger partial charge in [-0.3, -0.25) is 0 Å². The fourth-order valence-electron chi connectivity index (χ4n) is 2.79. The molecular weight excluding hydrogens is 324 g/mol. The van der Waals surface area contributed by atoms with E-state index in [4.69, 9.17) is 15.8 Å². The van der Waals surface area contributed by atoms with Crippen molar-refractivity contribution in [1.29, 1.82) is 15.8 Å². The van der Waals surface area contributed by atoms with Crippen LogP contribution in [-0.4, -0.2) is 62.3 Å². The van der Waals surface area contributed by atoms with E-state index < -0.39 is 38.6 Å². The second-order valence-corrected chi connectivity index (χ2v) is 11.9. The number of rotatable bonds is 6. The zero-order valence-corrected chi connectivity index (χ0v) is 13.9. The van der Waals surface area contributed by atoms with Crippen LogP contribution in [0.3, 0.4) is 0 Å². The molecule has 0 saturated carbocycles. The van der Waals surface area contributed by atoms with Gasteiger partial charge >= 0.3 is 0 Å². The Balaban J connectivity index is 3.09. The molecule has 0 bridgehead atoms. The smallest absolute Gasteiger partial charge is 0.197 e. The van der Waals surface area contributed by atoms with E-state index in [1.54, 1.807) is 0 Å². The van der Waals surface area contributed by atoms with Crippen molar-refractivity contribution in [3.63, 3.8) is 0 Å². The molecule has 7 nitrogen and oxygen atoms in total. The first-order valence-corrected chi connectivity index (χ1v) is 10.9. The fourth-order valence-corrected chi connectivity index (χ4v) is 11.0. The number of nitriles is 3. The number of aliphatic hydroxyl groups excluding tert-OH is 4. The Kier molecular flexibility index (Phi) is 7.61. The molecule has 1 rings (SSSR count). The maximum absolute atomic E-state index is 10.5. The van der Waals surface area contributed by atoms with Crippen LogP contribution in [0.1, 0.15) is 19.3 Å². The van der Waals surface area contributed by atoms with Gasteiger partial charge in [0.25, 0.3) is 0 Å². The first-order chi connectivity index (χ1) is 10.5. The highest BCUT2D eigenvalue weighted by atomic mass is 31.2. The average Bonchev–Trinajstić information content (AvgIpc) is 2.53. The second-order valence-electron chi connectivity index (χ2n) is 5.17. The zero-order chi connectivity index (χ0) is 16.8. The summed E-state index contributed by atoms with van der Waals surface area (Å²) in [6, 6.07) is 5.84. The van der Waals surface area contributed by atoms with Crippen LogP contribution >= 0.6 is 15.2 Å². The van der Waals surface area contributed by atoms with Gasteiger partial charge in [0.05, 0.1) is 50.6 Å². The van der Waals surface area contributed by atoms with E-state index in [9.17, 15) is 20.4 Å². The highest BCUT2D eigenvalue weighted by molar-refractivity contribution is 7.79. The lowest BCUT2D eigenvalue weighted by atomic mass is 10.5. The lowest BCUT2D eigenvalue weighted by molar-refractivity contribution is 0.0740. The Labute approximate surface area is 131 Å². The molecule has 4 unspecified atom stereocenters. The molecule has 1 fully saturated rings. The Bertz CT molecular complexity index is 463. The van der Waals surface area contributed by atoms with Crippen LogP contribution < -0.4 is 0 Å². The minimum atomic E-state index is -2.69. The van der Waals surface area contributed by atoms with Crippen molar-refractivity contribution in [1.82, 2.24) is 0 Å². The standard InChI is InChI=1S/C13H20N3O4P2/c14-4-1-7-21-10(17)12(19)22(8-2-5-15,9-3-6-16)13(20)11(21)18/h10-13,17-20H,1-3,7-9H2/q+1. The lowest BCUT2D eigenvalue weighted by Crippen LogP contribution is -2.47. The predicted molar refractivity (Wildman–Crippen MR) is 83.2 cm³/mol. The molecule has 0 radical (unpaired) electrons. The van der Waals surface area contributed by atoms with Crippen molar-refractivity contribution in [2.75, 3.05) is 18.5 Å². The number of hydrogen-bond acceptors (Lipinski definition) is 7. The Morgan fingerprint density at radius 2 is 1.18 bits per heavy atom. The molecule has 0 aromatic heterocycles. The van der Waals surface area contributed by atoms with Crippen LogP contribution in [0.25, 0.3) is 0 Å². The van der Waals surface area contributed by atoms with Crippen LogP contribution in [-0.2, 0) is 0 Å². The molecule has 22 heavy (non-hydrogen) atoms. The maximum Gasteiger partial charge on any atom is 0.197 e. The minimum Gasteiger partial charge on any atom is -0.382 e. The van der Waals surface area contributed by atoms with Gasteiger partial charge in [-0.25, -0.2) is 0 Å². The van der Waals surface area contributed by atoms with Crippen LogP contribution in [0.15, 0.2) is 0 Å². The van der Waals surface area contributed by atoms with Gasteiger partial charge in [-0.15, -0.1) is 0 Å². The third-order valence-electron chi connectivity index (χ3n) is 4.03. The highest BCUT2D eigenvalue weighted by Crippen LogP contribution is 2.76. The molecular formula is C13H20N3O4P2+. The molecule has 0 aromatic rings. The van der Waals surface area contributed by atoms with Crippen LogP contribution in [0.5, 0.6) is 0 Å². The van der Waals surface area contributed by atoms with Crippen molar-refractivity contribution >= 4 is 15.2 Å². The minimum absolute atomic E-state index is 0.0862. The molecule has 120 valence electrons. The largest absolute Gasteiger partial charge is 0.382 e. The fraction of sp³-hybridized carbons (Fsp3) is 0.769. The summed E-state index contributed by atoms with van der Waals surface area (Å²) in [6.07, 6.45) is 0.928. The van der Waals surface area contributed by atoms with Gasteiger partial charge in [-0.05, 0) is 14.1 Å². The van der Waals surface area contributed by atoms with E-state index in [1.165, 1.54) is 0 Å². The number of nitrogens with zero attached hydrogens (tertiary/aromatic N) is 3. The highest BCUT2D eigenvalue weighted by Gasteiger charge is 2.63. The third kappa shape index (κ3) is 3.73. The van der Waals surface area contributed by atoms with Gasteiger partial charge in [0, 0.05) is 6.42 Å². The molecule has 0 aromatic carbocycles. The SMILES string of the molecule is N#CCCP1C(O)C(O)[P+](CCC#N)(CCC#N)C(O)C1O. The molecule has 1 saturated heterocycles. The predicted octanol–water partition coefficient (Wildman–Crippen LogP) is 0.514. The van der Waals surface area contributed by atoms with Crippen molar-refractivity contribution in [2.45, 2.75) is 42.6 Å². The van der Waals surface area contributed by atoms with Crippen molar-refractivity contribution < 1.29 is 20.4 Å². The third-order valence-corrected chi connectivity index (χ3v) is 11.9. The van der Waals surface area contributed by atoms with Crippen LogP contribution in [0.4, 0.5) is 0 Å². The maximum atomic E-state index is 10.5. The van der Waals surface area contributed by atoms with Gasteiger partial charge in [0.15, 0.2) is 11.7 Å². The summed E-state index contributed by atoms with van der Waals surface area (Å²) >= 11 is 0. The summed E-state index contributed by atoms with van der Waals surface area (Å²) in [5, 5.41) is 68.0. The Hall–Kier alpha value is -0.830. The number of hydrogen-bond donors (Lipinski definition) is 4. The Morgan fingerprint density at radius 1 is 0.773 bits per heavy atom. The normalized spacial score (nSPS) is 33.4. The van der Waals surface area contributed by atoms with E-state index in [0.717, 1.165) is 0 Å². The quantitative estimate of drug-likeness (QED) is 0.512. The molecule has 1 aliphatic rings. The molecule has 0 aliphatic carbocycles. The summed E-state index contributed by atoms with van der Waals surface area (Å²) in [4.78, 5) is 0. The molecule has 4 atom stereocenters. The van der Waals surface area contributed by atoms with Gasteiger partial charge in [0.2, 0.25) is 0 Å². The monoisotopic (exact) mass is 344 g/mol. The summed E-state index contributed by atoms with van der Waals surface area (Å²) in [5.74, 6) is -4.85. The van der Waals surface area contributed by atoms with Crippen LogP contribution in [0, 0.1) is 34.0 Å². The first-order valence-electron chi connectivity index (χ1n) is 6.91. The second kappa shape index (κ2) is 8.71. The van der Waals surface area contributed by atoms with Crippen molar-refractivity contribution in [3.8, 4) is 18.2 Å². The molecule has 1 heterocycles. The molecule has 9 heteroatoms. The summed E-state index contributed by atoms with van der Waals surface area (Å²) < 4.78 is 0. The molecule has 0 spiro atoms. The van der Waals surface area contributed by atoms with Crippen LogP contribution in [0.2, 0.25) is 0 Å².